The first-order valence-electron chi connectivity index (χ1n) is 14.3. The van der Waals surface area contributed by atoms with Gasteiger partial charge in [0.15, 0.2) is 11.5 Å². The molecule has 1 aromatic heterocycles. The number of ketones is 1. The van der Waals surface area contributed by atoms with E-state index in [4.69, 9.17) is 0 Å². The summed E-state index contributed by atoms with van der Waals surface area (Å²) in [5.74, 6) is -0.866. The molecular weight excluding hydrogens is 534 g/mol. The van der Waals surface area contributed by atoms with E-state index >= 15 is 0 Å². The fraction of sp³-hybridized carbons (Fsp3) is 0.500. The number of Topliss-reactive ketones (excluding diaryl/α,β-unsaturated/α-hetero) is 1. The van der Waals surface area contributed by atoms with Gasteiger partial charge in [0.05, 0.1) is 4.88 Å². The average Bonchev–Trinajstić information content (AvgIpc) is 2.92. The third-order valence-corrected chi connectivity index (χ3v) is 9.55. The predicted molar refractivity (Wildman–Crippen MR) is 161 cm³/mol. The van der Waals surface area contributed by atoms with Crippen LogP contribution in [-0.4, -0.2) is 16.1 Å². The molecule has 0 saturated heterocycles. The number of carbonyl (C=O) groups excluding carboxylic acids is 1. The zero-order chi connectivity index (χ0) is 28.2. The molecule has 0 spiro atoms. The summed E-state index contributed by atoms with van der Waals surface area (Å²) in [5.41, 5.74) is 0.119. The molecule has 1 N–H and O–H groups in total. The molecule has 0 bridgehead atoms. The zero-order valence-corrected chi connectivity index (χ0v) is 24.7. The second-order valence-corrected chi connectivity index (χ2v) is 12.7. The summed E-state index contributed by atoms with van der Waals surface area (Å²) >= 11 is 3.13. The van der Waals surface area contributed by atoms with Crippen molar-refractivity contribution >= 4 is 39.0 Å². The van der Waals surface area contributed by atoms with Crippen LogP contribution in [0.2, 0.25) is 0 Å². The van der Waals surface area contributed by atoms with Gasteiger partial charge in [-0.3, -0.25) is 9.59 Å². The highest BCUT2D eigenvalue weighted by Crippen LogP contribution is 2.38. The highest BCUT2D eigenvalue weighted by molar-refractivity contribution is 8.00. The Morgan fingerprint density at radius 1 is 0.846 bits per heavy atom. The van der Waals surface area contributed by atoms with Gasteiger partial charge in [0, 0.05) is 32.2 Å². The van der Waals surface area contributed by atoms with Crippen LogP contribution in [0.4, 0.5) is 8.78 Å². The van der Waals surface area contributed by atoms with Crippen LogP contribution in [-0.2, 0) is 6.42 Å². The molecule has 0 fully saturated rings. The highest BCUT2D eigenvalue weighted by atomic mass is 32.2. The summed E-state index contributed by atoms with van der Waals surface area (Å²) in [7, 11) is 0. The summed E-state index contributed by atoms with van der Waals surface area (Å²) in [6.07, 6.45) is 14.4. The second kappa shape index (κ2) is 16.1. The van der Waals surface area contributed by atoms with E-state index in [1.54, 1.807) is 23.9 Å². The number of halogens is 2. The molecule has 0 aliphatic carbocycles. The standard InChI is InChI=1S/C16H19FO2S.C16H21FOS/c1-2-3-4-5-6-7-14-16(19)15(18)12-10-11(17)8-9-13(12)20-14;1-2-3-4-5-6-7-13-11-15(18)14-10-12(17)8-9-16(14)19-13/h8-10,19H,2-7H2,1H3;8-10,13H,2-7,11H2,1H3. The first kappa shape index (κ1) is 31.3. The maximum atomic E-state index is 13.2. The van der Waals surface area contributed by atoms with E-state index in [-0.39, 0.29) is 22.7 Å². The van der Waals surface area contributed by atoms with Crippen molar-refractivity contribution in [3.63, 3.8) is 0 Å². The number of unbranched alkanes of at least 4 members (excludes halogenated alkanes) is 8. The van der Waals surface area contributed by atoms with Crippen LogP contribution in [0.3, 0.4) is 0 Å². The first-order chi connectivity index (χ1) is 18.8. The van der Waals surface area contributed by atoms with Crippen LogP contribution in [0.25, 0.3) is 10.1 Å². The number of fused-ring (bicyclic) bond motifs is 2. The predicted octanol–water partition coefficient (Wildman–Crippen LogP) is 9.85. The lowest BCUT2D eigenvalue weighted by molar-refractivity contribution is 0.0975. The first-order valence-corrected chi connectivity index (χ1v) is 16.0. The molecule has 0 amide bonds. The van der Waals surface area contributed by atoms with Crippen LogP contribution in [0, 0.1) is 11.6 Å². The van der Waals surface area contributed by atoms with Crippen LogP contribution in [0.1, 0.15) is 106 Å². The molecule has 3 nitrogen and oxygen atoms in total. The van der Waals surface area contributed by atoms with E-state index in [1.165, 1.54) is 87.0 Å². The van der Waals surface area contributed by atoms with Gasteiger partial charge < -0.3 is 5.11 Å². The summed E-state index contributed by atoms with van der Waals surface area (Å²) in [6, 6.07) is 8.72. The normalized spacial score (nSPS) is 14.7. The Kier molecular flexibility index (Phi) is 12.9. The number of hydrogen-bond donors (Lipinski definition) is 1. The van der Waals surface area contributed by atoms with Crippen LogP contribution in [0.5, 0.6) is 5.75 Å². The fourth-order valence-corrected chi connectivity index (χ4v) is 7.18. The Morgan fingerprint density at radius 3 is 2.21 bits per heavy atom. The van der Waals surface area contributed by atoms with Crippen molar-refractivity contribution in [3.05, 3.63) is 68.7 Å². The molecule has 0 saturated carbocycles. The zero-order valence-electron chi connectivity index (χ0n) is 23.1. The molecule has 7 heteroatoms. The second-order valence-electron chi connectivity index (χ2n) is 10.2. The minimum absolute atomic E-state index is 0.104. The molecule has 212 valence electrons. The van der Waals surface area contributed by atoms with E-state index in [1.807, 2.05) is 0 Å². The molecular formula is C32H40F2O3S2. The van der Waals surface area contributed by atoms with Crippen LogP contribution < -0.4 is 5.43 Å². The molecule has 1 atom stereocenters. The molecule has 2 heterocycles. The average molecular weight is 575 g/mol. The summed E-state index contributed by atoms with van der Waals surface area (Å²) < 4.78 is 27.0. The molecule has 0 radical (unpaired) electrons. The van der Waals surface area contributed by atoms with Gasteiger partial charge in [-0.15, -0.1) is 23.1 Å². The fourth-order valence-electron chi connectivity index (χ4n) is 4.76. The molecule has 3 aromatic rings. The lowest BCUT2D eigenvalue weighted by Crippen LogP contribution is -2.17. The Hall–Kier alpha value is -2.25. The Labute approximate surface area is 239 Å². The van der Waals surface area contributed by atoms with Crippen molar-refractivity contribution in [2.75, 3.05) is 0 Å². The number of thioether (sulfide) groups is 1. The minimum Gasteiger partial charge on any atom is -0.503 e. The van der Waals surface area contributed by atoms with E-state index in [9.17, 15) is 23.5 Å². The van der Waals surface area contributed by atoms with Crippen molar-refractivity contribution in [3.8, 4) is 5.75 Å². The smallest absolute Gasteiger partial charge is 0.229 e. The monoisotopic (exact) mass is 574 g/mol. The van der Waals surface area contributed by atoms with E-state index in [0.29, 0.717) is 28.5 Å². The lowest BCUT2D eigenvalue weighted by atomic mass is 10.0. The third kappa shape index (κ3) is 9.42. The number of carbonyl (C=O) groups is 1. The van der Waals surface area contributed by atoms with Gasteiger partial charge in [-0.2, -0.15) is 0 Å². The Morgan fingerprint density at radius 2 is 1.49 bits per heavy atom. The topological polar surface area (TPSA) is 54.4 Å². The van der Waals surface area contributed by atoms with Gasteiger partial charge in [-0.05, 0) is 55.7 Å². The quantitative estimate of drug-likeness (QED) is 0.219. The number of hydrogen-bond acceptors (Lipinski definition) is 5. The lowest BCUT2D eigenvalue weighted by Gasteiger charge is -2.23. The summed E-state index contributed by atoms with van der Waals surface area (Å²) in [4.78, 5) is 25.7. The summed E-state index contributed by atoms with van der Waals surface area (Å²) in [6.45, 7) is 4.38. The van der Waals surface area contributed by atoms with Crippen LogP contribution in [0.15, 0.2) is 46.1 Å². The third-order valence-electron chi connectivity index (χ3n) is 6.98. The number of benzene rings is 2. The van der Waals surface area contributed by atoms with Gasteiger partial charge in [0.1, 0.15) is 11.6 Å². The largest absolute Gasteiger partial charge is 0.503 e. The number of rotatable bonds is 12. The van der Waals surface area contributed by atoms with E-state index < -0.39 is 11.2 Å². The highest BCUT2D eigenvalue weighted by Gasteiger charge is 2.25. The number of aryl methyl sites for hydroxylation is 1. The molecule has 39 heavy (non-hydrogen) atoms. The molecule has 1 aliphatic rings. The van der Waals surface area contributed by atoms with Gasteiger partial charge in [0.25, 0.3) is 0 Å². The SMILES string of the molecule is CCCCCCCC1CC(=O)c2cc(F)ccc2S1.CCCCCCCc1sc2ccc(F)cc2c(=O)c1O. The molecule has 1 unspecified atom stereocenters. The maximum absolute atomic E-state index is 13.2. The molecule has 4 rings (SSSR count). The van der Waals surface area contributed by atoms with E-state index in [2.05, 4.69) is 13.8 Å². The van der Waals surface area contributed by atoms with Gasteiger partial charge in [0.2, 0.25) is 5.43 Å². The van der Waals surface area contributed by atoms with Gasteiger partial charge >= 0.3 is 0 Å². The van der Waals surface area contributed by atoms with Gasteiger partial charge in [-0.1, -0.05) is 71.6 Å². The molecule has 1 aliphatic heterocycles. The Balaban J connectivity index is 0.000000216. The van der Waals surface area contributed by atoms with Crippen molar-refractivity contribution in [1.82, 2.24) is 0 Å². The minimum atomic E-state index is -0.457. The maximum Gasteiger partial charge on any atom is 0.229 e. The number of aromatic hydroxyl groups is 1. The van der Waals surface area contributed by atoms with Gasteiger partial charge in [-0.25, -0.2) is 8.78 Å². The van der Waals surface area contributed by atoms with E-state index in [0.717, 1.165) is 28.9 Å². The summed E-state index contributed by atoms with van der Waals surface area (Å²) in [5, 5.41) is 10.6. The van der Waals surface area contributed by atoms with Crippen molar-refractivity contribution in [1.29, 1.82) is 0 Å². The van der Waals surface area contributed by atoms with Crippen molar-refractivity contribution in [2.24, 2.45) is 0 Å². The Bertz CT molecular complexity index is 1290. The van der Waals surface area contributed by atoms with Crippen LogP contribution >= 0.6 is 23.1 Å². The van der Waals surface area contributed by atoms with Crippen molar-refractivity contribution < 1.29 is 18.7 Å². The van der Waals surface area contributed by atoms with Crippen molar-refractivity contribution in [2.45, 2.75) is 107 Å². The molecule has 2 aromatic carbocycles.